The van der Waals surface area contributed by atoms with E-state index in [4.69, 9.17) is 0 Å². The second-order valence-electron chi connectivity index (χ2n) is 6.09. The molecule has 0 aliphatic heterocycles. The molecule has 1 aromatic carbocycles. The monoisotopic (exact) mass is 368 g/mol. The van der Waals surface area contributed by atoms with Gasteiger partial charge in [-0.1, -0.05) is 24.3 Å². The highest BCUT2D eigenvalue weighted by atomic mass is 32.1. The van der Waals surface area contributed by atoms with Crippen LogP contribution in [0.15, 0.2) is 53.1 Å². The molecule has 0 saturated heterocycles. The summed E-state index contributed by atoms with van der Waals surface area (Å²) in [6.45, 7) is 4.23. The molecule has 2 aromatic heterocycles. The van der Waals surface area contributed by atoms with Gasteiger partial charge in [0.2, 0.25) is 0 Å². The van der Waals surface area contributed by atoms with Crippen molar-refractivity contribution in [2.75, 3.05) is 14.1 Å². The minimum absolute atomic E-state index is 0.713. The van der Waals surface area contributed by atoms with E-state index >= 15 is 0 Å². The van der Waals surface area contributed by atoms with Crippen LogP contribution in [-0.2, 0) is 19.6 Å². The molecular formula is C19H24N6S. The summed E-state index contributed by atoms with van der Waals surface area (Å²) in [6, 6.07) is 10.4. The summed E-state index contributed by atoms with van der Waals surface area (Å²) < 4.78 is 1.93. The fourth-order valence-corrected chi connectivity index (χ4v) is 3.41. The largest absolute Gasteiger partial charge is 0.352 e. The van der Waals surface area contributed by atoms with E-state index in [1.165, 1.54) is 11.1 Å². The van der Waals surface area contributed by atoms with E-state index in [1.54, 1.807) is 24.6 Å². The molecular weight excluding hydrogens is 344 g/mol. The summed E-state index contributed by atoms with van der Waals surface area (Å²) in [5, 5.41) is 10.9. The molecule has 0 aliphatic rings. The van der Waals surface area contributed by atoms with Gasteiger partial charge in [-0.3, -0.25) is 9.67 Å². The molecule has 0 unspecified atom stereocenters. The first-order valence-electron chi connectivity index (χ1n) is 8.52. The number of guanidine groups is 1. The van der Waals surface area contributed by atoms with E-state index in [-0.39, 0.29) is 0 Å². The molecule has 0 amide bonds. The number of nitrogens with zero attached hydrogens (tertiary/aromatic N) is 5. The van der Waals surface area contributed by atoms with Crippen LogP contribution >= 0.6 is 11.3 Å². The van der Waals surface area contributed by atoms with Crippen molar-refractivity contribution in [1.29, 1.82) is 0 Å². The van der Waals surface area contributed by atoms with Gasteiger partial charge in [0.25, 0.3) is 0 Å². The van der Waals surface area contributed by atoms with Gasteiger partial charge in [-0.25, -0.2) is 4.98 Å². The Morgan fingerprint density at radius 1 is 1.27 bits per heavy atom. The van der Waals surface area contributed by atoms with Gasteiger partial charge < -0.3 is 10.2 Å². The molecule has 0 saturated carbocycles. The molecule has 2 heterocycles. The zero-order chi connectivity index (χ0) is 18.4. The van der Waals surface area contributed by atoms with Crippen molar-refractivity contribution in [3.8, 4) is 0 Å². The maximum Gasteiger partial charge on any atom is 0.194 e. The second-order valence-corrected chi connectivity index (χ2v) is 7.15. The maximum atomic E-state index is 4.53. The Hall–Kier alpha value is -2.67. The fourth-order valence-electron chi connectivity index (χ4n) is 2.81. The quantitative estimate of drug-likeness (QED) is 0.537. The molecule has 3 aromatic rings. The first-order chi connectivity index (χ1) is 12.7. The van der Waals surface area contributed by atoms with Gasteiger partial charge >= 0.3 is 0 Å². The average molecular weight is 369 g/mol. The minimum Gasteiger partial charge on any atom is -0.352 e. The van der Waals surface area contributed by atoms with Gasteiger partial charge in [0.05, 0.1) is 23.8 Å². The first kappa shape index (κ1) is 18.1. The number of hydrogen-bond acceptors (Lipinski definition) is 4. The molecule has 136 valence electrons. The molecule has 26 heavy (non-hydrogen) atoms. The molecule has 3 rings (SSSR count). The number of benzene rings is 1. The van der Waals surface area contributed by atoms with E-state index < -0.39 is 0 Å². The van der Waals surface area contributed by atoms with Crippen molar-refractivity contribution in [2.24, 2.45) is 4.99 Å². The lowest BCUT2D eigenvalue weighted by Gasteiger charge is -2.22. The van der Waals surface area contributed by atoms with Crippen LogP contribution in [-0.4, -0.2) is 39.7 Å². The number of aliphatic imine (C=N–C) groups is 1. The number of nitrogens with one attached hydrogen (secondary N) is 1. The SMILES string of the molecule is CN=C(NCc1ccccc1Cn1cccn1)N(C)Cc1csc(C)n1. The Morgan fingerprint density at radius 2 is 2.08 bits per heavy atom. The topological polar surface area (TPSA) is 58.3 Å². The van der Waals surface area contributed by atoms with Crippen LogP contribution in [0.2, 0.25) is 0 Å². The molecule has 6 nitrogen and oxygen atoms in total. The molecule has 1 N–H and O–H groups in total. The molecule has 0 aliphatic carbocycles. The summed E-state index contributed by atoms with van der Waals surface area (Å²) in [6.07, 6.45) is 3.78. The van der Waals surface area contributed by atoms with Crippen LogP contribution in [0, 0.1) is 6.92 Å². The molecule has 0 spiro atoms. The summed E-state index contributed by atoms with van der Waals surface area (Å²) >= 11 is 1.67. The number of thiazole rings is 1. The van der Waals surface area contributed by atoms with Crippen LogP contribution < -0.4 is 5.32 Å². The van der Waals surface area contributed by atoms with Gasteiger partial charge in [-0.05, 0) is 24.1 Å². The second kappa shape index (κ2) is 8.62. The van der Waals surface area contributed by atoms with Gasteiger partial charge in [0.1, 0.15) is 0 Å². The normalized spacial score (nSPS) is 11.6. The van der Waals surface area contributed by atoms with Crippen molar-refractivity contribution in [1.82, 2.24) is 25.0 Å². The number of aromatic nitrogens is 3. The Kier molecular flexibility index (Phi) is 6.01. The van der Waals surface area contributed by atoms with Crippen LogP contribution in [0.1, 0.15) is 21.8 Å². The molecule has 0 fully saturated rings. The van der Waals surface area contributed by atoms with E-state index in [9.17, 15) is 0 Å². The first-order valence-corrected chi connectivity index (χ1v) is 9.40. The Bertz CT molecular complexity index is 853. The molecule has 7 heteroatoms. The number of aryl methyl sites for hydroxylation is 1. The van der Waals surface area contributed by atoms with Gasteiger partial charge in [0, 0.05) is 38.4 Å². The smallest absolute Gasteiger partial charge is 0.194 e. The highest BCUT2D eigenvalue weighted by Crippen LogP contribution is 2.12. The third-order valence-electron chi connectivity index (χ3n) is 4.09. The van der Waals surface area contributed by atoms with E-state index in [2.05, 4.69) is 54.9 Å². The predicted molar refractivity (Wildman–Crippen MR) is 106 cm³/mol. The summed E-state index contributed by atoms with van der Waals surface area (Å²) in [5.41, 5.74) is 3.55. The molecule has 0 bridgehead atoms. The highest BCUT2D eigenvalue weighted by molar-refractivity contribution is 7.09. The number of rotatable bonds is 6. The fraction of sp³-hybridized carbons (Fsp3) is 0.316. The van der Waals surface area contributed by atoms with Crippen molar-refractivity contribution in [2.45, 2.75) is 26.6 Å². The van der Waals surface area contributed by atoms with E-state index in [0.717, 1.165) is 29.8 Å². The Labute approximate surface area is 158 Å². The van der Waals surface area contributed by atoms with Gasteiger partial charge in [-0.15, -0.1) is 11.3 Å². The Balaban J connectivity index is 1.63. The predicted octanol–water partition coefficient (Wildman–Crippen LogP) is 2.90. The van der Waals surface area contributed by atoms with Crippen LogP contribution in [0.5, 0.6) is 0 Å². The summed E-state index contributed by atoms with van der Waals surface area (Å²) in [5.74, 6) is 0.851. The summed E-state index contributed by atoms with van der Waals surface area (Å²) in [7, 11) is 3.83. The number of hydrogen-bond donors (Lipinski definition) is 1. The van der Waals surface area contributed by atoms with Crippen LogP contribution in [0.4, 0.5) is 0 Å². The maximum absolute atomic E-state index is 4.53. The third-order valence-corrected chi connectivity index (χ3v) is 4.91. The zero-order valence-corrected chi connectivity index (χ0v) is 16.2. The summed E-state index contributed by atoms with van der Waals surface area (Å²) in [4.78, 5) is 11.0. The molecule has 0 atom stereocenters. The van der Waals surface area contributed by atoms with Crippen molar-refractivity contribution < 1.29 is 0 Å². The lowest BCUT2D eigenvalue weighted by Crippen LogP contribution is -2.38. The molecule has 0 radical (unpaired) electrons. The lowest BCUT2D eigenvalue weighted by molar-refractivity contribution is 0.470. The van der Waals surface area contributed by atoms with Crippen molar-refractivity contribution in [3.63, 3.8) is 0 Å². The zero-order valence-electron chi connectivity index (χ0n) is 15.4. The van der Waals surface area contributed by atoms with E-state index in [0.29, 0.717) is 6.54 Å². The minimum atomic E-state index is 0.713. The standard InChI is InChI=1S/C19H24N6S/c1-15-23-18(14-26-15)13-24(3)19(20-2)21-11-16-7-4-5-8-17(16)12-25-10-6-9-22-25/h4-10,14H,11-13H2,1-3H3,(H,20,21). The highest BCUT2D eigenvalue weighted by Gasteiger charge is 2.10. The lowest BCUT2D eigenvalue weighted by atomic mass is 10.1. The average Bonchev–Trinajstić information content (AvgIpc) is 3.28. The van der Waals surface area contributed by atoms with Crippen LogP contribution in [0.25, 0.3) is 0 Å². The van der Waals surface area contributed by atoms with Crippen molar-refractivity contribution >= 4 is 17.3 Å². The third kappa shape index (κ3) is 4.70. The van der Waals surface area contributed by atoms with Crippen LogP contribution in [0.3, 0.4) is 0 Å². The van der Waals surface area contributed by atoms with E-state index in [1.807, 2.05) is 30.9 Å². The van der Waals surface area contributed by atoms with Gasteiger partial charge in [-0.2, -0.15) is 5.10 Å². The Morgan fingerprint density at radius 3 is 2.73 bits per heavy atom. The van der Waals surface area contributed by atoms with Gasteiger partial charge in [0.15, 0.2) is 5.96 Å². The van der Waals surface area contributed by atoms with Crippen molar-refractivity contribution in [3.05, 3.63) is 69.9 Å².